The number of hydrogen-bond acceptors (Lipinski definition) is 2. The lowest BCUT2D eigenvalue weighted by Gasteiger charge is -2.16. The van der Waals surface area contributed by atoms with Gasteiger partial charge in [0.2, 0.25) is 5.91 Å². The van der Waals surface area contributed by atoms with Crippen LogP contribution in [0.4, 0.5) is 5.69 Å². The van der Waals surface area contributed by atoms with Gasteiger partial charge < -0.3 is 10.4 Å². The molecular weight excluding hydrogens is 250 g/mol. The van der Waals surface area contributed by atoms with Crippen LogP contribution in [0.3, 0.4) is 0 Å². The molecule has 0 saturated carbocycles. The van der Waals surface area contributed by atoms with Gasteiger partial charge in [0.05, 0.1) is 6.61 Å². The fourth-order valence-electron chi connectivity index (χ4n) is 1.60. The lowest BCUT2D eigenvalue weighted by atomic mass is 9.97. The minimum Gasteiger partial charge on any atom is -0.395 e. The van der Waals surface area contributed by atoms with E-state index in [1.807, 2.05) is 45.9 Å². The van der Waals surface area contributed by atoms with E-state index in [1.165, 1.54) is 0 Å². The Labute approximate surface area is 121 Å². The molecule has 0 bridgehead atoms. The van der Waals surface area contributed by atoms with Gasteiger partial charge in [-0.25, -0.2) is 0 Å². The number of carbonyl (C=O) groups excluding carboxylic acids is 1. The summed E-state index contributed by atoms with van der Waals surface area (Å²) in [7, 11) is 0. The molecule has 1 aromatic carbocycles. The Morgan fingerprint density at radius 1 is 1.35 bits per heavy atom. The largest absolute Gasteiger partial charge is 0.395 e. The smallest absolute Gasteiger partial charge is 0.227 e. The summed E-state index contributed by atoms with van der Waals surface area (Å²) in [6.45, 7) is 8.02. The van der Waals surface area contributed by atoms with Gasteiger partial charge in [0.25, 0.3) is 0 Å². The maximum Gasteiger partial charge on any atom is 0.227 e. The van der Waals surface area contributed by atoms with E-state index >= 15 is 0 Å². The van der Waals surface area contributed by atoms with Crippen molar-refractivity contribution < 1.29 is 9.90 Å². The van der Waals surface area contributed by atoms with Gasteiger partial charge in [-0.05, 0) is 30.5 Å². The van der Waals surface area contributed by atoms with E-state index in [-0.39, 0.29) is 18.4 Å². The third kappa shape index (κ3) is 4.71. The van der Waals surface area contributed by atoms with E-state index in [9.17, 15) is 4.79 Å². The number of hydrogen-bond donors (Lipinski definition) is 2. The molecule has 0 aliphatic carbocycles. The number of aliphatic hydroxyl groups excluding tert-OH is 1. The summed E-state index contributed by atoms with van der Waals surface area (Å²) in [6.07, 6.45) is 0.458. The predicted octanol–water partition coefficient (Wildman–Crippen LogP) is 2.96. The van der Waals surface area contributed by atoms with Crippen LogP contribution >= 0.6 is 0 Å². The Bertz CT molecular complexity index is 524. The van der Waals surface area contributed by atoms with Crippen molar-refractivity contribution in [3.8, 4) is 11.8 Å². The standard InChI is InChI=1S/C17H23NO2/c1-12(2)14(4)17(20)18-16-11-15(7-5-6-10-19)9-8-13(16)3/h8-9,11-12,14,19H,6,10H2,1-4H3,(H,18,20). The molecule has 0 heterocycles. The number of carbonyl (C=O) groups is 1. The van der Waals surface area contributed by atoms with Crippen molar-refractivity contribution in [3.05, 3.63) is 29.3 Å². The number of aryl methyl sites for hydroxylation is 1. The normalized spacial score (nSPS) is 11.7. The molecule has 0 aliphatic rings. The zero-order chi connectivity index (χ0) is 15.1. The van der Waals surface area contributed by atoms with Gasteiger partial charge in [0.1, 0.15) is 0 Å². The third-order valence-corrected chi connectivity index (χ3v) is 3.38. The van der Waals surface area contributed by atoms with Crippen LogP contribution in [0.25, 0.3) is 0 Å². The molecule has 3 heteroatoms. The molecule has 0 fully saturated rings. The minimum absolute atomic E-state index is 0.0291. The molecule has 1 unspecified atom stereocenters. The molecule has 2 N–H and O–H groups in total. The van der Waals surface area contributed by atoms with Crippen molar-refractivity contribution in [1.29, 1.82) is 0 Å². The SMILES string of the molecule is Cc1ccc(C#CCCO)cc1NC(=O)C(C)C(C)C. The second-order valence-corrected chi connectivity index (χ2v) is 5.33. The molecule has 3 nitrogen and oxygen atoms in total. The van der Waals surface area contributed by atoms with Crippen molar-refractivity contribution in [3.63, 3.8) is 0 Å². The Hall–Kier alpha value is -1.79. The van der Waals surface area contributed by atoms with E-state index in [1.54, 1.807) is 0 Å². The number of benzene rings is 1. The van der Waals surface area contributed by atoms with E-state index in [0.717, 1.165) is 16.8 Å². The lowest BCUT2D eigenvalue weighted by Crippen LogP contribution is -2.24. The third-order valence-electron chi connectivity index (χ3n) is 3.38. The van der Waals surface area contributed by atoms with Crippen LogP contribution in [0.1, 0.15) is 38.3 Å². The summed E-state index contributed by atoms with van der Waals surface area (Å²) in [5.74, 6) is 6.17. The summed E-state index contributed by atoms with van der Waals surface area (Å²) < 4.78 is 0. The maximum absolute atomic E-state index is 12.1. The molecule has 1 aromatic rings. The summed E-state index contributed by atoms with van der Waals surface area (Å²) in [5.41, 5.74) is 2.66. The lowest BCUT2D eigenvalue weighted by molar-refractivity contribution is -0.120. The molecule has 0 saturated heterocycles. The first-order chi connectivity index (χ1) is 9.45. The minimum atomic E-state index is -0.0291. The second-order valence-electron chi connectivity index (χ2n) is 5.33. The van der Waals surface area contributed by atoms with Gasteiger partial charge in [-0.3, -0.25) is 4.79 Å². The highest BCUT2D eigenvalue weighted by Crippen LogP contribution is 2.19. The topological polar surface area (TPSA) is 49.3 Å². The van der Waals surface area contributed by atoms with Crippen LogP contribution < -0.4 is 5.32 Å². The summed E-state index contributed by atoms with van der Waals surface area (Å²) in [4.78, 5) is 12.1. The van der Waals surface area contributed by atoms with E-state index < -0.39 is 0 Å². The summed E-state index contributed by atoms with van der Waals surface area (Å²) in [6, 6.07) is 5.74. The Balaban J connectivity index is 2.87. The highest BCUT2D eigenvalue weighted by atomic mass is 16.2. The van der Waals surface area contributed by atoms with Gasteiger partial charge in [-0.1, -0.05) is 38.7 Å². The van der Waals surface area contributed by atoms with Crippen molar-refractivity contribution in [2.45, 2.75) is 34.1 Å². The highest BCUT2D eigenvalue weighted by molar-refractivity contribution is 5.93. The first-order valence-corrected chi connectivity index (χ1v) is 6.97. The first kappa shape index (κ1) is 16.3. The molecular formula is C17H23NO2. The second kappa shape index (κ2) is 7.72. The van der Waals surface area contributed by atoms with Gasteiger partial charge in [0, 0.05) is 23.6 Å². The van der Waals surface area contributed by atoms with Crippen LogP contribution in [0, 0.1) is 30.6 Å². The van der Waals surface area contributed by atoms with Gasteiger partial charge in [0.15, 0.2) is 0 Å². The highest BCUT2D eigenvalue weighted by Gasteiger charge is 2.17. The molecule has 0 radical (unpaired) electrons. The molecule has 1 rings (SSSR count). The van der Waals surface area contributed by atoms with E-state index in [2.05, 4.69) is 17.2 Å². The zero-order valence-electron chi connectivity index (χ0n) is 12.7. The monoisotopic (exact) mass is 273 g/mol. The van der Waals surface area contributed by atoms with Crippen LogP contribution in [0.15, 0.2) is 18.2 Å². The fraction of sp³-hybridized carbons (Fsp3) is 0.471. The molecule has 0 aromatic heterocycles. The number of nitrogens with one attached hydrogen (secondary N) is 1. The first-order valence-electron chi connectivity index (χ1n) is 6.97. The van der Waals surface area contributed by atoms with Crippen molar-refractivity contribution in [2.24, 2.45) is 11.8 Å². The molecule has 0 spiro atoms. The van der Waals surface area contributed by atoms with Crippen molar-refractivity contribution >= 4 is 11.6 Å². The van der Waals surface area contributed by atoms with Crippen molar-refractivity contribution in [1.82, 2.24) is 0 Å². The zero-order valence-corrected chi connectivity index (χ0v) is 12.7. The summed E-state index contributed by atoms with van der Waals surface area (Å²) >= 11 is 0. The molecule has 1 amide bonds. The van der Waals surface area contributed by atoms with Crippen molar-refractivity contribution in [2.75, 3.05) is 11.9 Å². The fourth-order valence-corrected chi connectivity index (χ4v) is 1.60. The van der Waals surface area contributed by atoms with E-state index in [4.69, 9.17) is 5.11 Å². The quantitative estimate of drug-likeness (QED) is 0.829. The molecule has 20 heavy (non-hydrogen) atoms. The number of anilines is 1. The molecule has 1 atom stereocenters. The number of amides is 1. The number of rotatable bonds is 4. The molecule has 108 valence electrons. The Morgan fingerprint density at radius 2 is 2.05 bits per heavy atom. The maximum atomic E-state index is 12.1. The Morgan fingerprint density at radius 3 is 2.65 bits per heavy atom. The van der Waals surface area contributed by atoms with Gasteiger partial charge in [-0.15, -0.1) is 0 Å². The average Bonchev–Trinajstić information content (AvgIpc) is 2.41. The van der Waals surface area contributed by atoms with Crippen LogP contribution in [-0.2, 0) is 4.79 Å². The Kier molecular flexibility index (Phi) is 6.27. The van der Waals surface area contributed by atoms with Gasteiger partial charge in [-0.2, -0.15) is 0 Å². The van der Waals surface area contributed by atoms with Crippen LogP contribution in [0.2, 0.25) is 0 Å². The average molecular weight is 273 g/mol. The summed E-state index contributed by atoms with van der Waals surface area (Å²) in [5, 5.41) is 11.7. The van der Waals surface area contributed by atoms with E-state index in [0.29, 0.717) is 12.3 Å². The van der Waals surface area contributed by atoms with Gasteiger partial charge >= 0.3 is 0 Å². The predicted molar refractivity (Wildman–Crippen MR) is 82.4 cm³/mol. The molecule has 0 aliphatic heterocycles. The van der Waals surface area contributed by atoms with Crippen LogP contribution in [0.5, 0.6) is 0 Å². The number of aliphatic hydroxyl groups is 1. The van der Waals surface area contributed by atoms with Crippen LogP contribution in [-0.4, -0.2) is 17.6 Å².